The lowest BCUT2D eigenvalue weighted by molar-refractivity contribution is -0.121. The molecule has 0 radical (unpaired) electrons. The molecule has 2 heterocycles. The third-order valence-corrected chi connectivity index (χ3v) is 5.28. The number of anilines is 2. The zero-order valence-electron chi connectivity index (χ0n) is 15.8. The summed E-state index contributed by atoms with van der Waals surface area (Å²) in [6, 6.07) is 11.3. The van der Waals surface area contributed by atoms with E-state index in [1.807, 2.05) is 6.92 Å². The molecule has 1 aliphatic rings. The number of amides is 1. The van der Waals surface area contributed by atoms with Crippen LogP contribution in [0, 0.1) is 5.92 Å². The Hall–Kier alpha value is -3.26. The monoisotopic (exact) mass is 413 g/mol. The predicted molar refractivity (Wildman–Crippen MR) is 109 cm³/mol. The fourth-order valence-corrected chi connectivity index (χ4v) is 3.76. The number of halogens is 1. The summed E-state index contributed by atoms with van der Waals surface area (Å²) in [4.78, 5) is 17.5. The predicted octanol–water partition coefficient (Wildman–Crippen LogP) is 3.30. The summed E-state index contributed by atoms with van der Waals surface area (Å²) in [6.07, 6.45) is 1.44. The number of ether oxygens (including phenoxy) is 1. The number of fused-ring (bicyclic) bond motifs is 1. The Morgan fingerprint density at radius 3 is 2.76 bits per heavy atom. The van der Waals surface area contributed by atoms with Crippen LogP contribution in [0.5, 0.6) is 11.5 Å². The van der Waals surface area contributed by atoms with Crippen molar-refractivity contribution in [2.45, 2.75) is 19.0 Å². The molecule has 0 aliphatic carbocycles. The van der Waals surface area contributed by atoms with Crippen LogP contribution in [0.15, 0.2) is 48.8 Å². The van der Waals surface area contributed by atoms with Gasteiger partial charge in [-0.05, 0) is 48.9 Å². The molecule has 0 spiro atoms. The van der Waals surface area contributed by atoms with Crippen LogP contribution in [0.25, 0.3) is 0 Å². The first-order chi connectivity index (χ1) is 14.0. The maximum Gasteiger partial charge on any atom is 0.232 e. The number of hydrogen-bond donors (Lipinski definition) is 3. The Labute approximate surface area is 172 Å². The standard InChI is InChI=1S/C20H20ClN5O3/c1-11-17(19(28)25-14-6-4-13(21)5-7-14)18(26-20(24-11)22-10-23-26)12-3-8-15(27)16(9-12)29-2/h3-11,17-18,27H,1-2H3,(H,25,28)(H,22,23,24)/t11-,17-,18-/m0/s1. The molecule has 1 aromatic heterocycles. The van der Waals surface area contributed by atoms with Gasteiger partial charge in [0.1, 0.15) is 6.33 Å². The molecule has 8 nitrogen and oxygen atoms in total. The van der Waals surface area contributed by atoms with Gasteiger partial charge in [0.25, 0.3) is 0 Å². The maximum absolute atomic E-state index is 13.3. The molecule has 0 bridgehead atoms. The number of aromatic nitrogens is 3. The Balaban J connectivity index is 1.74. The second-order valence-corrected chi connectivity index (χ2v) is 7.30. The van der Waals surface area contributed by atoms with Crippen molar-refractivity contribution in [2.75, 3.05) is 17.7 Å². The molecule has 0 fully saturated rings. The van der Waals surface area contributed by atoms with Gasteiger partial charge in [-0.2, -0.15) is 10.1 Å². The van der Waals surface area contributed by atoms with E-state index in [-0.39, 0.29) is 17.7 Å². The van der Waals surface area contributed by atoms with Crippen LogP contribution < -0.4 is 15.4 Å². The zero-order chi connectivity index (χ0) is 20.5. The average Bonchev–Trinajstić information content (AvgIpc) is 3.17. The molecule has 4 rings (SSSR count). The van der Waals surface area contributed by atoms with Crippen molar-refractivity contribution >= 4 is 29.1 Å². The zero-order valence-corrected chi connectivity index (χ0v) is 16.6. The topological polar surface area (TPSA) is 101 Å². The number of phenolic OH excluding ortho intramolecular Hbond substituents is 1. The smallest absolute Gasteiger partial charge is 0.232 e. The van der Waals surface area contributed by atoms with E-state index < -0.39 is 12.0 Å². The highest BCUT2D eigenvalue weighted by atomic mass is 35.5. The van der Waals surface area contributed by atoms with Gasteiger partial charge in [0.05, 0.1) is 19.1 Å². The second kappa shape index (κ2) is 7.63. The number of methoxy groups -OCH3 is 1. The molecule has 150 valence electrons. The van der Waals surface area contributed by atoms with Gasteiger partial charge in [-0.1, -0.05) is 17.7 Å². The number of benzene rings is 2. The molecule has 1 amide bonds. The number of phenols is 1. The number of carbonyl (C=O) groups excluding carboxylic acids is 1. The summed E-state index contributed by atoms with van der Waals surface area (Å²) < 4.78 is 6.93. The Bertz CT molecular complexity index is 1040. The first kappa shape index (κ1) is 19.1. The first-order valence-electron chi connectivity index (χ1n) is 9.07. The average molecular weight is 414 g/mol. The van der Waals surface area contributed by atoms with Gasteiger partial charge >= 0.3 is 0 Å². The highest BCUT2D eigenvalue weighted by Crippen LogP contribution is 2.39. The van der Waals surface area contributed by atoms with Crippen molar-refractivity contribution in [1.82, 2.24) is 14.8 Å². The molecular weight excluding hydrogens is 394 g/mol. The Morgan fingerprint density at radius 2 is 2.03 bits per heavy atom. The van der Waals surface area contributed by atoms with Gasteiger partial charge in [-0.25, -0.2) is 4.68 Å². The molecule has 1 aliphatic heterocycles. The summed E-state index contributed by atoms with van der Waals surface area (Å²) in [6.45, 7) is 1.93. The van der Waals surface area contributed by atoms with E-state index in [0.717, 1.165) is 5.56 Å². The molecule has 3 aromatic rings. The molecule has 0 saturated heterocycles. The number of nitrogens with one attached hydrogen (secondary N) is 2. The number of aromatic hydroxyl groups is 1. The minimum atomic E-state index is -0.505. The van der Waals surface area contributed by atoms with Gasteiger partial charge in [0.2, 0.25) is 11.9 Å². The molecule has 3 N–H and O–H groups in total. The fraction of sp³-hybridized carbons (Fsp3) is 0.250. The number of nitrogens with zero attached hydrogens (tertiary/aromatic N) is 3. The van der Waals surface area contributed by atoms with Gasteiger partial charge in [-0.3, -0.25) is 4.79 Å². The second-order valence-electron chi connectivity index (χ2n) is 6.86. The molecule has 2 aromatic carbocycles. The van der Waals surface area contributed by atoms with Gasteiger partial charge in [0, 0.05) is 16.8 Å². The van der Waals surface area contributed by atoms with E-state index in [0.29, 0.717) is 22.4 Å². The minimum absolute atomic E-state index is 0.0270. The third kappa shape index (κ3) is 3.58. The lowest BCUT2D eigenvalue weighted by Crippen LogP contribution is -2.46. The van der Waals surface area contributed by atoms with E-state index in [4.69, 9.17) is 16.3 Å². The quantitative estimate of drug-likeness (QED) is 0.606. The highest BCUT2D eigenvalue weighted by Gasteiger charge is 2.41. The fourth-order valence-electron chi connectivity index (χ4n) is 3.63. The van der Waals surface area contributed by atoms with Crippen LogP contribution in [0.2, 0.25) is 5.02 Å². The van der Waals surface area contributed by atoms with Crippen molar-refractivity contribution in [3.05, 3.63) is 59.4 Å². The SMILES string of the molecule is COc1cc([C@H]2[C@@H](C(=O)Nc3ccc(Cl)cc3)[C@H](C)Nc3ncnn32)ccc1O. The largest absolute Gasteiger partial charge is 0.504 e. The summed E-state index contributed by atoms with van der Waals surface area (Å²) in [5.41, 5.74) is 1.43. The third-order valence-electron chi connectivity index (χ3n) is 5.03. The van der Waals surface area contributed by atoms with Gasteiger partial charge in [0.15, 0.2) is 11.5 Å². The lowest BCUT2D eigenvalue weighted by Gasteiger charge is -2.37. The number of hydrogen-bond acceptors (Lipinski definition) is 6. The van der Waals surface area contributed by atoms with E-state index in [1.54, 1.807) is 47.1 Å². The lowest BCUT2D eigenvalue weighted by atomic mass is 9.85. The normalized spacial score (nSPS) is 20.4. The molecular formula is C20H20ClN5O3. The van der Waals surface area contributed by atoms with Crippen LogP contribution in [0.3, 0.4) is 0 Å². The van der Waals surface area contributed by atoms with Crippen molar-refractivity contribution in [2.24, 2.45) is 5.92 Å². The molecule has 0 unspecified atom stereocenters. The van der Waals surface area contributed by atoms with E-state index in [9.17, 15) is 9.90 Å². The minimum Gasteiger partial charge on any atom is -0.504 e. The summed E-state index contributed by atoms with van der Waals surface area (Å²) in [5, 5.41) is 21.1. The summed E-state index contributed by atoms with van der Waals surface area (Å²) in [7, 11) is 1.48. The molecule has 29 heavy (non-hydrogen) atoms. The van der Waals surface area contributed by atoms with Crippen LogP contribution in [-0.4, -0.2) is 38.9 Å². The Kier molecular flexibility index (Phi) is 5.02. The Morgan fingerprint density at radius 1 is 1.28 bits per heavy atom. The van der Waals surface area contributed by atoms with Crippen molar-refractivity contribution in [1.29, 1.82) is 0 Å². The number of rotatable bonds is 4. The van der Waals surface area contributed by atoms with Crippen LogP contribution in [0.1, 0.15) is 18.5 Å². The van der Waals surface area contributed by atoms with Crippen molar-refractivity contribution in [3.63, 3.8) is 0 Å². The maximum atomic E-state index is 13.3. The van der Waals surface area contributed by atoms with E-state index in [1.165, 1.54) is 13.4 Å². The van der Waals surface area contributed by atoms with Crippen LogP contribution >= 0.6 is 11.6 Å². The first-order valence-corrected chi connectivity index (χ1v) is 9.45. The van der Waals surface area contributed by atoms with Crippen LogP contribution in [0.4, 0.5) is 11.6 Å². The van der Waals surface area contributed by atoms with Crippen molar-refractivity contribution in [3.8, 4) is 11.5 Å². The molecule has 0 saturated carbocycles. The van der Waals surface area contributed by atoms with E-state index in [2.05, 4.69) is 20.7 Å². The summed E-state index contributed by atoms with van der Waals surface area (Å²) in [5.74, 6) is 0.246. The van der Waals surface area contributed by atoms with Gasteiger partial charge in [-0.15, -0.1) is 0 Å². The van der Waals surface area contributed by atoms with Crippen LogP contribution in [-0.2, 0) is 4.79 Å². The van der Waals surface area contributed by atoms with Gasteiger partial charge < -0.3 is 20.5 Å². The highest BCUT2D eigenvalue weighted by molar-refractivity contribution is 6.30. The molecule has 3 atom stereocenters. The number of carbonyl (C=O) groups is 1. The van der Waals surface area contributed by atoms with E-state index >= 15 is 0 Å². The molecule has 9 heteroatoms. The summed E-state index contributed by atoms with van der Waals surface area (Å²) >= 11 is 5.93. The van der Waals surface area contributed by atoms with Crippen molar-refractivity contribution < 1.29 is 14.6 Å².